The largest absolute Gasteiger partial charge is 0.406 e. The lowest BCUT2D eigenvalue weighted by Crippen LogP contribution is -2.56. The average molecular weight is 262 g/mol. The Hall–Kier alpha value is -0.290. The maximum absolute atomic E-state index is 13.2. The monoisotopic (exact) mass is 262 g/mol. The Morgan fingerprint density at radius 1 is 0.944 bits per heavy atom. The van der Waals surface area contributed by atoms with E-state index in [0.717, 1.165) is 38.6 Å². The summed E-state index contributed by atoms with van der Waals surface area (Å²) in [5.74, 6) is 0. The quantitative estimate of drug-likeness (QED) is 0.781. The molecule has 104 valence electrons. The number of nitrogens with one attached hydrogen (secondary N) is 1. The first-order valence-corrected chi connectivity index (χ1v) is 7.04. The highest BCUT2D eigenvalue weighted by molar-refractivity contribution is 5.12. The Kier molecular flexibility index (Phi) is 2.90. The first-order chi connectivity index (χ1) is 8.48. The lowest BCUT2D eigenvalue weighted by atomic mass is 9.96. The van der Waals surface area contributed by atoms with E-state index in [1.165, 1.54) is 0 Å². The number of rotatable bonds is 1. The third-order valence-electron chi connectivity index (χ3n) is 5.02. The van der Waals surface area contributed by atoms with Crippen LogP contribution in [0.5, 0.6) is 0 Å². The molecule has 3 fully saturated rings. The van der Waals surface area contributed by atoms with Gasteiger partial charge in [-0.1, -0.05) is 12.8 Å². The molecule has 0 unspecified atom stereocenters. The third kappa shape index (κ3) is 1.95. The average Bonchev–Trinajstić information content (AvgIpc) is 3.01. The van der Waals surface area contributed by atoms with E-state index in [1.807, 2.05) is 0 Å². The summed E-state index contributed by atoms with van der Waals surface area (Å²) < 4.78 is 39.7. The highest BCUT2D eigenvalue weighted by Gasteiger charge is 2.67. The maximum atomic E-state index is 13.2. The molecule has 0 aromatic heterocycles. The molecule has 0 bridgehead atoms. The first kappa shape index (κ1) is 12.7. The normalized spacial score (nSPS) is 31.5. The smallest absolute Gasteiger partial charge is 0.310 e. The van der Waals surface area contributed by atoms with Gasteiger partial charge >= 0.3 is 6.18 Å². The molecule has 2 aliphatic carbocycles. The van der Waals surface area contributed by atoms with Gasteiger partial charge in [-0.25, -0.2) is 0 Å². The molecule has 1 saturated heterocycles. The third-order valence-corrected chi connectivity index (χ3v) is 5.02. The van der Waals surface area contributed by atoms with Crippen LogP contribution in [0.25, 0.3) is 0 Å². The fraction of sp³-hybridized carbons (Fsp3) is 1.00. The van der Waals surface area contributed by atoms with E-state index in [0.29, 0.717) is 25.9 Å². The van der Waals surface area contributed by atoms with E-state index in [2.05, 4.69) is 5.32 Å². The minimum atomic E-state index is -4.06. The van der Waals surface area contributed by atoms with Crippen molar-refractivity contribution >= 4 is 0 Å². The summed E-state index contributed by atoms with van der Waals surface area (Å²) in [6.45, 7) is 2.05. The van der Waals surface area contributed by atoms with Crippen LogP contribution in [0.4, 0.5) is 13.2 Å². The lowest BCUT2D eigenvalue weighted by molar-refractivity contribution is -0.198. The van der Waals surface area contributed by atoms with E-state index in [1.54, 1.807) is 4.90 Å². The van der Waals surface area contributed by atoms with Crippen LogP contribution in [0.2, 0.25) is 0 Å². The molecular weight excluding hydrogens is 241 g/mol. The number of hydrogen-bond donors (Lipinski definition) is 1. The number of alkyl halides is 3. The molecule has 5 heteroatoms. The van der Waals surface area contributed by atoms with E-state index in [4.69, 9.17) is 0 Å². The van der Waals surface area contributed by atoms with Crippen molar-refractivity contribution in [2.24, 2.45) is 0 Å². The molecule has 3 rings (SSSR count). The van der Waals surface area contributed by atoms with Crippen LogP contribution >= 0.6 is 0 Å². The number of nitrogens with zero attached hydrogens (tertiary/aromatic N) is 1. The Morgan fingerprint density at radius 3 is 2.17 bits per heavy atom. The molecule has 1 heterocycles. The summed E-state index contributed by atoms with van der Waals surface area (Å²) in [4.78, 5) is 1.75. The van der Waals surface area contributed by atoms with Crippen LogP contribution in [0.3, 0.4) is 0 Å². The predicted octanol–water partition coefficient (Wildman–Crippen LogP) is 2.69. The van der Waals surface area contributed by atoms with E-state index in [-0.39, 0.29) is 5.54 Å². The van der Waals surface area contributed by atoms with Crippen molar-refractivity contribution in [2.75, 3.05) is 19.6 Å². The minimum Gasteiger partial charge on any atom is -0.310 e. The summed E-state index contributed by atoms with van der Waals surface area (Å²) in [6, 6.07) is 0. The molecule has 1 N–H and O–H groups in total. The van der Waals surface area contributed by atoms with Crippen molar-refractivity contribution in [2.45, 2.75) is 62.2 Å². The van der Waals surface area contributed by atoms with Gasteiger partial charge in [0, 0.05) is 18.6 Å². The van der Waals surface area contributed by atoms with Gasteiger partial charge in [-0.05, 0) is 38.6 Å². The second-order valence-corrected chi connectivity index (χ2v) is 6.22. The summed E-state index contributed by atoms with van der Waals surface area (Å²) in [6.07, 6.45) is 1.75. The Balaban J connectivity index is 1.79. The van der Waals surface area contributed by atoms with Gasteiger partial charge in [0.15, 0.2) is 0 Å². The molecule has 0 radical (unpaired) electrons. The van der Waals surface area contributed by atoms with Gasteiger partial charge in [-0.2, -0.15) is 13.2 Å². The molecule has 0 aromatic rings. The van der Waals surface area contributed by atoms with Crippen molar-refractivity contribution in [3.05, 3.63) is 0 Å². The summed E-state index contributed by atoms with van der Waals surface area (Å²) in [5.41, 5.74) is -1.51. The molecule has 0 amide bonds. The Labute approximate surface area is 106 Å². The maximum Gasteiger partial charge on any atom is 0.406 e. The second kappa shape index (κ2) is 4.10. The Morgan fingerprint density at radius 2 is 1.61 bits per heavy atom. The highest BCUT2D eigenvalue weighted by atomic mass is 19.4. The summed E-state index contributed by atoms with van der Waals surface area (Å²) in [7, 11) is 0. The molecule has 3 aliphatic rings. The standard InChI is InChI=1S/C13H21F3N2/c14-13(15,16)12(6-7-12)18-9-3-8-17-11(10-18)4-1-2-5-11/h17H,1-10H2. The molecule has 1 spiro atoms. The van der Waals surface area contributed by atoms with Crippen LogP contribution in [0.15, 0.2) is 0 Å². The molecule has 2 nitrogen and oxygen atoms in total. The van der Waals surface area contributed by atoms with Crippen molar-refractivity contribution in [3.63, 3.8) is 0 Å². The number of halogens is 3. The number of hydrogen-bond acceptors (Lipinski definition) is 2. The predicted molar refractivity (Wildman–Crippen MR) is 63.4 cm³/mol. The fourth-order valence-electron chi connectivity index (χ4n) is 3.77. The van der Waals surface area contributed by atoms with Gasteiger partial charge < -0.3 is 5.32 Å². The van der Waals surface area contributed by atoms with Crippen molar-refractivity contribution in [1.82, 2.24) is 10.2 Å². The van der Waals surface area contributed by atoms with Gasteiger partial charge in [0.1, 0.15) is 5.54 Å². The SMILES string of the molecule is FC(F)(F)C1(N2CCCNC3(CCCC3)C2)CC1. The molecule has 2 saturated carbocycles. The van der Waals surface area contributed by atoms with Gasteiger partial charge in [0.2, 0.25) is 0 Å². The van der Waals surface area contributed by atoms with Crippen LogP contribution in [-0.4, -0.2) is 41.8 Å². The van der Waals surface area contributed by atoms with Gasteiger partial charge in [-0.3, -0.25) is 4.90 Å². The zero-order valence-electron chi connectivity index (χ0n) is 10.7. The minimum absolute atomic E-state index is 0.0304. The first-order valence-electron chi connectivity index (χ1n) is 7.04. The summed E-state index contributed by atoms with van der Waals surface area (Å²) in [5, 5.41) is 3.53. The molecule has 18 heavy (non-hydrogen) atoms. The zero-order valence-corrected chi connectivity index (χ0v) is 10.7. The molecule has 0 atom stereocenters. The van der Waals surface area contributed by atoms with Gasteiger partial charge in [0.25, 0.3) is 0 Å². The zero-order chi connectivity index (χ0) is 12.9. The van der Waals surface area contributed by atoms with E-state index in [9.17, 15) is 13.2 Å². The lowest BCUT2D eigenvalue weighted by Gasteiger charge is -2.38. The Bertz CT molecular complexity index is 317. The highest BCUT2D eigenvalue weighted by Crippen LogP contribution is 2.54. The molecular formula is C13H21F3N2. The topological polar surface area (TPSA) is 15.3 Å². The van der Waals surface area contributed by atoms with E-state index >= 15 is 0 Å². The van der Waals surface area contributed by atoms with Crippen LogP contribution in [-0.2, 0) is 0 Å². The van der Waals surface area contributed by atoms with Crippen molar-refractivity contribution in [1.29, 1.82) is 0 Å². The van der Waals surface area contributed by atoms with Crippen LogP contribution in [0, 0.1) is 0 Å². The van der Waals surface area contributed by atoms with Crippen LogP contribution < -0.4 is 5.32 Å². The molecule has 0 aromatic carbocycles. The van der Waals surface area contributed by atoms with Crippen molar-refractivity contribution < 1.29 is 13.2 Å². The summed E-state index contributed by atoms with van der Waals surface area (Å²) >= 11 is 0. The van der Waals surface area contributed by atoms with Crippen molar-refractivity contribution in [3.8, 4) is 0 Å². The van der Waals surface area contributed by atoms with Gasteiger partial charge in [-0.15, -0.1) is 0 Å². The van der Waals surface area contributed by atoms with E-state index < -0.39 is 11.7 Å². The van der Waals surface area contributed by atoms with Gasteiger partial charge in [0.05, 0.1) is 0 Å². The van der Waals surface area contributed by atoms with Crippen LogP contribution in [0.1, 0.15) is 44.9 Å². The second-order valence-electron chi connectivity index (χ2n) is 6.22. The fourth-order valence-corrected chi connectivity index (χ4v) is 3.77. The molecule has 1 aliphatic heterocycles.